The third kappa shape index (κ3) is 2.37. The molecule has 0 saturated heterocycles. The molecule has 0 unspecified atom stereocenters. The van der Waals surface area contributed by atoms with Crippen molar-refractivity contribution in [3.05, 3.63) is 59.4 Å². The van der Waals surface area contributed by atoms with Crippen LogP contribution in [0.4, 0.5) is 17.6 Å². The van der Waals surface area contributed by atoms with E-state index in [-0.39, 0.29) is 11.1 Å². The molecule has 18 heavy (non-hydrogen) atoms. The Balaban J connectivity index is 2.68. The van der Waals surface area contributed by atoms with Crippen molar-refractivity contribution in [1.82, 2.24) is 0 Å². The Labute approximate surface area is 102 Å². The summed E-state index contributed by atoms with van der Waals surface area (Å²) in [5.74, 6) is -0.549. The van der Waals surface area contributed by atoms with E-state index < -0.39 is 17.6 Å². The fourth-order valence-electron chi connectivity index (χ4n) is 1.85. The zero-order chi connectivity index (χ0) is 13.3. The van der Waals surface area contributed by atoms with E-state index in [1.165, 1.54) is 30.3 Å². The average molecular weight is 254 g/mol. The van der Waals surface area contributed by atoms with Gasteiger partial charge in [0.2, 0.25) is 0 Å². The Bertz CT molecular complexity index is 570. The molecule has 0 amide bonds. The van der Waals surface area contributed by atoms with E-state index in [4.69, 9.17) is 0 Å². The van der Waals surface area contributed by atoms with Crippen LogP contribution >= 0.6 is 0 Å². The van der Waals surface area contributed by atoms with Crippen molar-refractivity contribution in [2.45, 2.75) is 13.1 Å². The molecule has 0 spiro atoms. The van der Waals surface area contributed by atoms with Crippen LogP contribution in [0.25, 0.3) is 11.1 Å². The standard InChI is InChI=1S/C14H10F4/c1-9-6-7-10(15)8-12(9)11-4-2-3-5-13(11)14(16,17)18/h2-8H,1H3. The monoisotopic (exact) mass is 254 g/mol. The first-order valence-corrected chi connectivity index (χ1v) is 5.32. The SMILES string of the molecule is Cc1ccc(F)cc1-c1ccccc1C(F)(F)F. The molecule has 2 aromatic carbocycles. The van der Waals surface area contributed by atoms with Crippen molar-refractivity contribution < 1.29 is 17.6 Å². The molecular formula is C14H10F4. The summed E-state index contributed by atoms with van der Waals surface area (Å²) < 4.78 is 51.8. The molecule has 0 aliphatic carbocycles. The number of rotatable bonds is 1. The van der Waals surface area contributed by atoms with Gasteiger partial charge in [-0.3, -0.25) is 0 Å². The van der Waals surface area contributed by atoms with Crippen LogP contribution in [0, 0.1) is 12.7 Å². The van der Waals surface area contributed by atoms with Gasteiger partial charge in [-0.1, -0.05) is 24.3 Å². The summed E-state index contributed by atoms with van der Waals surface area (Å²) in [6.45, 7) is 1.65. The van der Waals surface area contributed by atoms with E-state index in [1.807, 2.05) is 0 Å². The van der Waals surface area contributed by atoms with E-state index in [0.29, 0.717) is 5.56 Å². The van der Waals surface area contributed by atoms with Crippen molar-refractivity contribution in [3.63, 3.8) is 0 Å². The Morgan fingerprint density at radius 1 is 0.889 bits per heavy atom. The van der Waals surface area contributed by atoms with Gasteiger partial charge in [0.25, 0.3) is 0 Å². The van der Waals surface area contributed by atoms with Crippen LogP contribution < -0.4 is 0 Å². The summed E-state index contributed by atoms with van der Waals surface area (Å²) in [7, 11) is 0. The summed E-state index contributed by atoms with van der Waals surface area (Å²) in [5.41, 5.74) is 0.122. The van der Waals surface area contributed by atoms with Gasteiger partial charge in [0.1, 0.15) is 5.82 Å². The number of benzene rings is 2. The molecular weight excluding hydrogens is 244 g/mol. The molecule has 0 aliphatic heterocycles. The van der Waals surface area contributed by atoms with Gasteiger partial charge < -0.3 is 0 Å². The predicted octanol–water partition coefficient (Wildman–Crippen LogP) is 4.82. The van der Waals surface area contributed by atoms with Crippen LogP contribution in [-0.4, -0.2) is 0 Å². The molecule has 0 aliphatic rings. The molecule has 2 rings (SSSR count). The highest BCUT2D eigenvalue weighted by molar-refractivity contribution is 5.71. The van der Waals surface area contributed by atoms with Crippen LogP contribution in [0.1, 0.15) is 11.1 Å². The summed E-state index contributed by atoms with van der Waals surface area (Å²) >= 11 is 0. The van der Waals surface area contributed by atoms with Gasteiger partial charge in [-0.2, -0.15) is 13.2 Å². The normalized spacial score (nSPS) is 11.6. The molecule has 0 heterocycles. The molecule has 2 aromatic rings. The molecule has 0 saturated carbocycles. The van der Waals surface area contributed by atoms with Gasteiger partial charge in [-0.05, 0) is 41.8 Å². The Hall–Kier alpha value is -1.84. The van der Waals surface area contributed by atoms with Crippen LogP contribution in [0.2, 0.25) is 0 Å². The van der Waals surface area contributed by atoms with Crippen molar-refractivity contribution in [2.75, 3.05) is 0 Å². The maximum Gasteiger partial charge on any atom is 0.417 e. The first-order valence-electron chi connectivity index (χ1n) is 5.32. The second-order valence-electron chi connectivity index (χ2n) is 4.00. The number of hydrogen-bond donors (Lipinski definition) is 0. The van der Waals surface area contributed by atoms with Crippen LogP contribution in [-0.2, 0) is 6.18 Å². The first-order chi connectivity index (χ1) is 8.39. The first kappa shape index (κ1) is 12.6. The van der Waals surface area contributed by atoms with Crippen molar-refractivity contribution in [3.8, 4) is 11.1 Å². The van der Waals surface area contributed by atoms with Crippen molar-refractivity contribution in [2.24, 2.45) is 0 Å². The highest BCUT2D eigenvalue weighted by atomic mass is 19.4. The van der Waals surface area contributed by atoms with Gasteiger partial charge in [0, 0.05) is 0 Å². The smallest absolute Gasteiger partial charge is 0.207 e. The lowest BCUT2D eigenvalue weighted by Gasteiger charge is -2.14. The van der Waals surface area contributed by atoms with E-state index in [0.717, 1.165) is 12.1 Å². The molecule has 0 N–H and O–H groups in total. The minimum Gasteiger partial charge on any atom is -0.207 e. The fourth-order valence-corrected chi connectivity index (χ4v) is 1.85. The number of alkyl halides is 3. The molecule has 0 fully saturated rings. The minimum atomic E-state index is -4.45. The summed E-state index contributed by atoms with van der Waals surface area (Å²) in [4.78, 5) is 0. The van der Waals surface area contributed by atoms with Crippen LogP contribution in [0.5, 0.6) is 0 Å². The Kier molecular flexibility index (Phi) is 3.11. The maximum absolute atomic E-state index is 13.2. The van der Waals surface area contributed by atoms with Crippen molar-refractivity contribution in [1.29, 1.82) is 0 Å². The maximum atomic E-state index is 13.2. The second kappa shape index (κ2) is 4.44. The van der Waals surface area contributed by atoms with E-state index in [1.54, 1.807) is 6.92 Å². The summed E-state index contributed by atoms with van der Waals surface area (Å²) in [6.07, 6.45) is -4.45. The lowest BCUT2D eigenvalue weighted by Crippen LogP contribution is -2.07. The zero-order valence-corrected chi connectivity index (χ0v) is 9.55. The third-order valence-corrected chi connectivity index (χ3v) is 2.72. The molecule has 4 heteroatoms. The summed E-state index contributed by atoms with van der Waals surface area (Å²) in [5, 5.41) is 0. The minimum absolute atomic E-state index is 0.00185. The molecule has 0 nitrogen and oxygen atoms in total. The number of aryl methyl sites for hydroxylation is 1. The lowest BCUT2D eigenvalue weighted by molar-refractivity contribution is -0.137. The second-order valence-corrected chi connectivity index (χ2v) is 4.00. The molecule has 94 valence electrons. The Morgan fingerprint density at radius 3 is 2.22 bits per heavy atom. The predicted molar refractivity (Wildman–Crippen MR) is 61.6 cm³/mol. The molecule has 0 bridgehead atoms. The largest absolute Gasteiger partial charge is 0.417 e. The fraction of sp³-hybridized carbons (Fsp3) is 0.143. The van der Waals surface area contributed by atoms with Gasteiger partial charge in [0.15, 0.2) is 0 Å². The number of halogens is 4. The third-order valence-electron chi connectivity index (χ3n) is 2.72. The molecule has 0 atom stereocenters. The zero-order valence-electron chi connectivity index (χ0n) is 9.55. The van der Waals surface area contributed by atoms with E-state index in [2.05, 4.69) is 0 Å². The quantitative estimate of drug-likeness (QED) is 0.640. The van der Waals surface area contributed by atoms with Gasteiger partial charge in [-0.15, -0.1) is 0 Å². The highest BCUT2D eigenvalue weighted by Gasteiger charge is 2.33. The molecule has 0 radical (unpaired) electrons. The summed E-state index contributed by atoms with van der Waals surface area (Å²) in [6, 6.07) is 9.01. The lowest BCUT2D eigenvalue weighted by atomic mass is 9.95. The van der Waals surface area contributed by atoms with E-state index >= 15 is 0 Å². The topological polar surface area (TPSA) is 0 Å². The highest BCUT2D eigenvalue weighted by Crippen LogP contribution is 2.38. The van der Waals surface area contributed by atoms with Crippen LogP contribution in [0.3, 0.4) is 0 Å². The van der Waals surface area contributed by atoms with Gasteiger partial charge in [-0.25, -0.2) is 4.39 Å². The van der Waals surface area contributed by atoms with E-state index in [9.17, 15) is 17.6 Å². The Morgan fingerprint density at radius 2 is 1.56 bits per heavy atom. The number of hydrogen-bond acceptors (Lipinski definition) is 0. The van der Waals surface area contributed by atoms with Gasteiger partial charge in [0.05, 0.1) is 5.56 Å². The molecule has 0 aromatic heterocycles. The van der Waals surface area contributed by atoms with Gasteiger partial charge >= 0.3 is 6.18 Å². The average Bonchev–Trinajstić information content (AvgIpc) is 2.31. The van der Waals surface area contributed by atoms with Crippen LogP contribution in [0.15, 0.2) is 42.5 Å². The van der Waals surface area contributed by atoms with Crippen molar-refractivity contribution >= 4 is 0 Å².